The first-order chi connectivity index (χ1) is 16.3. The number of Topliss-reactive ketones (excluding diaryl/α,β-unsaturated/α-hetero) is 1. The van der Waals surface area contributed by atoms with Crippen molar-refractivity contribution in [3.8, 4) is 23.0 Å². The van der Waals surface area contributed by atoms with Crippen LogP contribution in [0.15, 0.2) is 24.3 Å². The van der Waals surface area contributed by atoms with E-state index in [1.54, 1.807) is 6.92 Å². The van der Waals surface area contributed by atoms with Gasteiger partial charge in [-0.15, -0.1) is 0 Å². The molecule has 0 bridgehead atoms. The molecule has 4 aliphatic rings. The molecule has 2 aromatic rings. The van der Waals surface area contributed by atoms with E-state index in [4.69, 9.17) is 23.7 Å². The number of carbonyl (C=O) groups is 2. The second kappa shape index (κ2) is 7.37. The number of rotatable bonds is 3. The molecule has 8 nitrogen and oxygen atoms in total. The van der Waals surface area contributed by atoms with Gasteiger partial charge in [0.1, 0.15) is 11.9 Å². The maximum atomic E-state index is 12.4. The van der Waals surface area contributed by atoms with Crippen LogP contribution in [0.4, 0.5) is 0 Å². The number of nitrogens with zero attached hydrogens (tertiary/aromatic N) is 1. The van der Waals surface area contributed by atoms with Gasteiger partial charge in [-0.05, 0) is 48.9 Å². The topological polar surface area (TPSA) is 83.5 Å². The largest absolute Gasteiger partial charge is 0.461 e. The van der Waals surface area contributed by atoms with Crippen LogP contribution in [0.2, 0.25) is 0 Å². The highest BCUT2D eigenvalue weighted by Gasteiger charge is 2.57. The van der Waals surface area contributed by atoms with Crippen LogP contribution < -0.4 is 18.9 Å². The molecule has 0 aromatic heterocycles. The highest BCUT2D eigenvalue weighted by molar-refractivity contribution is 5.77. The smallest absolute Gasteiger partial charge is 0.302 e. The Morgan fingerprint density at radius 1 is 1.06 bits per heavy atom. The predicted octanol–water partition coefficient (Wildman–Crippen LogP) is 3.60. The Kier molecular flexibility index (Phi) is 4.61. The van der Waals surface area contributed by atoms with Crippen LogP contribution in [-0.4, -0.2) is 43.4 Å². The van der Waals surface area contributed by atoms with Crippen LogP contribution in [0.1, 0.15) is 61.5 Å². The summed E-state index contributed by atoms with van der Waals surface area (Å²) < 4.78 is 28.9. The van der Waals surface area contributed by atoms with E-state index in [2.05, 4.69) is 11.8 Å². The second-order valence-electron chi connectivity index (χ2n) is 9.74. The Labute approximate surface area is 197 Å². The lowest BCUT2D eigenvalue weighted by Crippen LogP contribution is -2.57. The van der Waals surface area contributed by atoms with Gasteiger partial charge in [-0.2, -0.15) is 0 Å². The molecule has 8 heteroatoms. The van der Waals surface area contributed by atoms with Crippen molar-refractivity contribution in [2.45, 2.75) is 57.2 Å². The van der Waals surface area contributed by atoms with Crippen molar-refractivity contribution < 1.29 is 33.3 Å². The summed E-state index contributed by atoms with van der Waals surface area (Å²) in [4.78, 5) is 26.9. The second-order valence-corrected chi connectivity index (χ2v) is 9.74. The van der Waals surface area contributed by atoms with Gasteiger partial charge in [0.2, 0.25) is 13.6 Å². The number of fused-ring (bicyclic) bond motifs is 8. The van der Waals surface area contributed by atoms with Gasteiger partial charge in [-0.3, -0.25) is 14.5 Å². The molecule has 0 fully saturated rings. The van der Waals surface area contributed by atoms with E-state index in [9.17, 15) is 9.59 Å². The molecule has 0 unspecified atom stereocenters. The van der Waals surface area contributed by atoms with Gasteiger partial charge < -0.3 is 23.7 Å². The minimum Gasteiger partial charge on any atom is -0.461 e. The molecule has 178 valence electrons. The van der Waals surface area contributed by atoms with E-state index in [1.807, 2.05) is 31.3 Å². The number of ether oxygens (including phenoxy) is 5. The molecule has 6 rings (SSSR count). The number of esters is 1. The summed E-state index contributed by atoms with van der Waals surface area (Å²) in [6.07, 6.45) is 0.439. The van der Waals surface area contributed by atoms with E-state index in [0.717, 1.165) is 22.3 Å². The lowest BCUT2D eigenvalue weighted by atomic mass is 9.58. The molecule has 0 radical (unpaired) electrons. The van der Waals surface area contributed by atoms with E-state index in [-0.39, 0.29) is 37.4 Å². The summed E-state index contributed by atoms with van der Waals surface area (Å²) in [5, 5.41) is 0. The number of hydrogen-bond donors (Lipinski definition) is 0. The Morgan fingerprint density at radius 3 is 2.50 bits per heavy atom. The highest BCUT2D eigenvalue weighted by Crippen LogP contribution is 2.61. The molecule has 0 saturated carbocycles. The van der Waals surface area contributed by atoms with Crippen molar-refractivity contribution in [3.63, 3.8) is 0 Å². The third-order valence-electron chi connectivity index (χ3n) is 7.75. The Morgan fingerprint density at radius 2 is 1.76 bits per heavy atom. The zero-order valence-corrected chi connectivity index (χ0v) is 19.7. The number of carbonyl (C=O) groups excluding carboxylic acids is 2. The van der Waals surface area contributed by atoms with Crippen LogP contribution in [-0.2, 0) is 26.2 Å². The molecule has 0 saturated heterocycles. The monoisotopic (exact) mass is 465 g/mol. The van der Waals surface area contributed by atoms with Crippen molar-refractivity contribution in [1.82, 2.24) is 4.90 Å². The van der Waals surface area contributed by atoms with Gasteiger partial charge in [-0.1, -0.05) is 13.0 Å². The first kappa shape index (κ1) is 21.3. The van der Waals surface area contributed by atoms with Gasteiger partial charge in [0.15, 0.2) is 23.0 Å². The highest BCUT2D eigenvalue weighted by atomic mass is 16.7. The average Bonchev–Trinajstić information content (AvgIpc) is 3.43. The van der Waals surface area contributed by atoms with Crippen molar-refractivity contribution in [2.24, 2.45) is 0 Å². The first-order valence-corrected chi connectivity index (χ1v) is 11.5. The fourth-order valence-electron chi connectivity index (χ4n) is 6.37. The molecular formula is C26H27NO7. The minimum atomic E-state index is -0.606. The molecule has 1 aliphatic carbocycles. The summed E-state index contributed by atoms with van der Waals surface area (Å²) in [6.45, 7) is 5.51. The molecule has 34 heavy (non-hydrogen) atoms. The van der Waals surface area contributed by atoms with Gasteiger partial charge >= 0.3 is 5.97 Å². The normalized spacial score (nSPS) is 28.1. The van der Waals surface area contributed by atoms with Crippen LogP contribution in [0.5, 0.6) is 23.0 Å². The van der Waals surface area contributed by atoms with E-state index < -0.39 is 11.5 Å². The fourth-order valence-corrected chi connectivity index (χ4v) is 6.37. The zero-order chi connectivity index (χ0) is 23.8. The minimum absolute atomic E-state index is 0.0844. The number of hydrogen-bond acceptors (Lipinski definition) is 8. The summed E-state index contributed by atoms with van der Waals surface area (Å²) in [5.74, 6) is 2.51. The summed E-state index contributed by atoms with van der Waals surface area (Å²) in [7, 11) is 2.03. The van der Waals surface area contributed by atoms with Crippen molar-refractivity contribution >= 4 is 11.8 Å². The zero-order valence-electron chi connectivity index (χ0n) is 19.7. The van der Waals surface area contributed by atoms with Gasteiger partial charge in [-0.25, -0.2) is 0 Å². The first-order valence-electron chi connectivity index (χ1n) is 11.5. The standard InChI is InChI=1S/C26H27NO7/c1-13(28)7-18-23-17(5-6-19-24(23)33-12-30-19)26(3)22(34-14(2)29)9-15-8-20-21(32-11-31-20)10-16(15)25(26)27(18)4/h5-6,8,10,18,22,25H,7,9,11-12H2,1-4H3/t18-,22+,25-,26+/m0/s1. The van der Waals surface area contributed by atoms with Gasteiger partial charge in [0, 0.05) is 37.4 Å². The Balaban J connectivity index is 1.62. The summed E-state index contributed by atoms with van der Waals surface area (Å²) in [6, 6.07) is 7.61. The van der Waals surface area contributed by atoms with Gasteiger partial charge in [0.05, 0.1) is 5.41 Å². The van der Waals surface area contributed by atoms with E-state index in [0.29, 0.717) is 35.8 Å². The Bertz CT molecular complexity index is 1220. The van der Waals surface area contributed by atoms with E-state index >= 15 is 0 Å². The Hall–Kier alpha value is -3.26. The van der Waals surface area contributed by atoms with Crippen molar-refractivity contribution in [2.75, 3.05) is 20.6 Å². The number of ketones is 1. The third-order valence-corrected chi connectivity index (χ3v) is 7.75. The van der Waals surface area contributed by atoms with Crippen LogP contribution in [0.3, 0.4) is 0 Å². The quantitative estimate of drug-likeness (QED) is 0.636. The SMILES string of the molecule is CC(=O)C[C@H]1c2c(ccc3c2OCO3)[C@@]2(C)[C@H](c3cc4c(cc3C[C@H]2OC(C)=O)OCO4)N1C. The molecule has 3 heterocycles. The molecule has 0 amide bonds. The molecular weight excluding hydrogens is 438 g/mol. The molecule has 4 atom stereocenters. The lowest BCUT2D eigenvalue weighted by molar-refractivity contribution is -0.154. The van der Waals surface area contributed by atoms with Crippen molar-refractivity contribution in [3.05, 3.63) is 46.5 Å². The predicted molar refractivity (Wildman–Crippen MR) is 120 cm³/mol. The average molecular weight is 466 g/mol. The van der Waals surface area contributed by atoms with Gasteiger partial charge in [0.25, 0.3) is 0 Å². The maximum absolute atomic E-state index is 12.4. The molecule has 3 aliphatic heterocycles. The lowest BCUT2D eigenvalue weighted by Gasteiger charge is -2.56. The molecule has 0 spiro atoms. The van der Waals surface area contributed by atoms with E-state index in [1.165, 1.54) is 6.92 Å². The molecule has 2 aromatic carbocycles. The summed E-state index contributed by atoms with van der Waals surface area (Å²) in [5.41, 5.74) is 3.49. The fraction of sp³-hybridized carbons (Fsp3) is 0.462. The maximum Gasteiger partial charge on any atom is 0.302 e. The van der Waals surface area contributed by atoms with Crippen LogP contribution in [0, 0.1) is 0 Å². The van der Waals surface area contributed by atoms with Crippen LogP contribution in [0.25, 0.3) is 0 Å². The number of benzene rings is 2. The third kappa shape index (κ3) is 2.87. The summed E-state index contributed by atoms with van der Waals surface area (Å²) >= 11 is 0. The molecule has 0 N–H and O–H groups in total. The number of likely N-dealkylation sites (N-methyl/N-ethyl adjacent to an activating group) is 1. The van der Waals surface area contributed by atoms with Crippen LogP contribution >= 0.6 is 0 Å². The van der Waals surface area contributed by atoms with Crippen molar-refractivity contribution in [1.29, 1.82) is 0 Å².